The van der Waals surface area contributed by atoms with Crippen molar-refractivity contribution in [2.45, 2.75) is 24.7 Å². The fourth-order valence-corrected chi connectivity index (χ4v) is 3.92. The van der Waals surface area contributed by atoms with Gasteiger partial charge in [0.05, 0.1) is 11.1 Å². The summed E-state index contributed by atoms with van der Waals surface area (Å²) < 4.78 is 43.0. The van der Waals surface area contributed by atoms with Crippen LogP contribution in [0, 0.1) is 18.7 Å². The molecule has 1 fully saturated rings. The van der Waals surface area contributed by atoms with E-state index in [1.165, 1.54) is 16.8 Å². The molecule has 1 unspecified atom stereocenters. The first kappa shape index (κ1) is 19.8. The summed E-state index contributed by atoms with van der Waals surface area (Å²) >= 11 is 0. The fourth-order valence-electron chi connectivity index (χ4n) is 2.79. The summed E-state index contributed by atoms with van der Waals surface area (Å²) in [4.78, 5) is -0.0728. The molecule has 1 saturated heterocycles. The molecule has 25 heavy (non-hydrogen) atoms. The normalized spacial score (nSPS) is 17.9. The summed E-state index contributed by atoms with van der Waals surface area (Å²) in [6, 6.07) is 3.86. The number of halogens is 2. The highest BCUT2D eigenvalue weighted by Gasteiger charge is 2.20. The molecule has 0 spiro atoms. The first-order valence-electron chi connectivity index (χ1n) is 7.97. The van der Waals surface area contributed by atoms with Gasteiger partial charge >= 0.3 is 0 Å². The van der Waals surface area contributed by atoms with Crippen molar-refractivity contribution in [1.82, 2.24) is 19.8 Å². The van der Waals surface area contributed by atoms with Crippen molar-refractivity contribution in [3.63, 3.8) is 0 Å². The molecule has 0 saturated carbocycles. The summed E-state index contributed by atoms with van der Waals surface area (Å²) in [6.07, 6.45) is 5.32. The van der Waals surface area contributed by atoms with Gasteiger partial charge in [-0.1, -0.05) is 0 Å². The monoisotopic (exact) mass is 388 g/mol. The largest absolute Gasteiger partial charge is 0.316 e. The van der Waals surface area contributed by atoms with Gasteiger partial charge in [0, 0.05) is 12.7 Å². The summed E-state index contributed by atoms with van der Waals surface area (Å²) in [5.74, 6) is -0.356. The lowest BCUT2D eigenvalue weighted by atomic mass is 10.0. The van der Waals surface area contributed by atoms with Gasteiger partial charge in [-0.15, -0.1) is 12.4 Å². The van der Waals surface area contributed by atoms with E-state index in [1.54, 1.807) is 12.4 Å². The molecule has 138 valence electrons. The van der Waals surface area contributed by atoms with Crippen LogP contribution < -0.4 is 10.0 Å². The second-order valence-electron chi connectivity index (χ2n) is 6.14. The van der Waals surface area contributed by atoms with E-state index in [4.69, 9.17) is 0 Å². The quantitative estimate of drug-likeness (QED) is 0.821. The molecule has 2 N–H and O–H groups in total. The van der Waals surface area contributed by atoms with Crippen LogP contribution in [0.15, 0.2) is 35.5 Å². The molecule has 1 aromatic carbocycles. The predicted molar refractivity (Wildman–Crippen MR) is 96.3 cm³/mol. The molecule has 3 rings (SSSR count). The van der Waals surface area contributed by atoms with Gasteiger partial charge < -0.3 is 5.32 Å². The Morgan fingerprint density at radius 3 is 2.84 bits per heavy atom. The van der Waals surface area contributed by atoms with Crippen molar-refractivity contribution in [3.05, 3.63) is 42.0 Å². The van der Waals surface area contributed by atoms with Gasteiger partial charge in [-0.25, -0.2) is 22.2 Å². The van der Waals surface area contributed by atoms with E-state index in [-0.39, 0.29) is 28.9 Å². The minimum Gasteiger partial charge on any atom is -0.316 e. The molecule has 0 radical (unpaired) electrons. The molecule has 1 aliphatic heterocycles. The lowest BCUT2D eigenvalue weighted by Gasteiger charge is -2.22. The molecular weight excluding hydrogens is 367 g/mol. The van der Waals surface area contributed by atoms with E-state index >= 15 is 0 Å². The van der Waals surface area contributed by atoms with Crippen LogP contribution in [-0.2, 0) is 10.0 Å². The first-order valence-corrected chi connectivity index (χ1v) is 9.45. The third-order valence-electron chi connectivity index (χ3n) is 4.15. The van der Waals surface area contributed by atoms with Gasteiger partial charge in [-0.3, -0.25) is 0 Å². The zero-order valence-corrected chi connectivity index (χ0v) is 15.5. The topological polar surface area (TPSA) is 76.0 Å². The molecule has 2 aromatic rings. The molecule has 1 aliphatic rings. The van der Waals surface area contributed by atoms with Crippen LogP contribution in [0.3, 0.4) is 0 Å². The maximum absolute atomic E-state index is 14.3. The highest BCUT2D eigenvalue weighted by Crippen LogP contribution is 2.19. The smallest absolute Gasteiger partial charge is 0.240 e. The number of aryl methyl sites for hydroxylation is 1. The van der Waals surface area contributed by atoms with Gasteiger partial charge in [-0.05, 0) is 62.5 Å². The molecule has 0 bridgehead atoms. The average molecular weight is 389 g/mol. The number of benzene rings is 1. The van der Waals surface area contributed by atoms with Crippen LogP contribution in [0.25, 0.3) is 5.69 Å². The molecule has 1 atom stereocenters. The van der Waals surface area contributed by atoms with Gasteiger partial charge in [0.2, 0.25) is 10.0 Å². The minimum absolute atomic E-state index is 0. The van der Waals surface area contributed by atoms with Crippen LogP contribution in [0.2, 0.25) is 0 Å². The molecule has 0 amide bonds. The number of nitrogens with zero attached hydrogens (tertiary/aromatic N) is 2. The van der Waals surface area contributed by atoms with E-state index in [1.807, 2.05) is 6.92 Å². The van der Waals surface area contributed by atoms with Crippen molar-refractivity contribution in [1.29, 1.82) is 0 Å². The van der Waals surface area contributed by atoms with Gasteiger partial charge in [-0.2, -0.15) is 5.10 Å². The van der Waals surface area contributed by atoms with Crippen LogP contribution >= 0.6 is 12.4 Å². The minimum atomic E-state index is -3.72. The van der Waals surface area contributed by atoms with Gasteiger partial charge in [0.15, 0.2) is 0 Å². The van der Waals surface area contributed by atoms with E-state index in [9.17, 15) is 12.8 Å². The number of hydrogen-bond acceptors (Lipinski definition) is 4. The Morgan fingerprint density at radius 2 is 2.24 bits per heavy atom. The molecule has 1 aromatic heterocycles. The SMILES string of the molecule is Cc1cnn(-c2ccc(S(=O)(=O)NCC3CCCNC3)cc2F)c1.Cl. The fraction of sp³-hybridized carbons (Fsp3) is 0.438. The third-order valence-corrected chi connectivity index (χ3v) is 5.57. The number of rotatable bonds is 5. The van der Waals surface area contributed by atoms with Crippen molar-refractivity contribution in [3.8, 4) is 5.69 Å². The molecule has 0 aliphatic carbocycles. The second-order valence-corrected chi connectivity index (χ2v) is 7.91. The zero-order chi connectivity index (χ0) is 17.2. The predicted octanol–water partition coefficient (Wildman–Crippen LogP) is 2.02. The maximum atomic E-state index is 14.3. The van der Waals surface area contributed by atoms with Crippen LogP contribution in [-0.4, -0.2) is 37.8 Å². The first-order chi connectivity index (χ1) is 11.5. The third kappa shape index (κ3) is 4.78. The Kier molecular flexibility index (Phi) is 6.56. The Hall–Kier alpha value is -1.48. The Morgan fingerprint density at radius 1 is 1.44 bits per heavy atom. The summed E-state index contributed by atoms with van der Waals surface area (Å²) in [7, 11) is -3.72. The summed E-state index contributed by atoms with van der Waals surface area (Å²) in [6.45, 7) is 3.98. The van der Waals surface area contributed by atoms with Crippen molar-refractivity contribution >= 4 is 22.4 Å². The van der Waals surface area contributed by atoms with E-state index in [0.717, 1.165) is 37.6 Å². The van der Waals surface area contributed by atoms with E-state index in [2.05, 4.69) is 15.1 Å². The molecule has 9 heteroatoms. The van der Waals surface area contributed by atoms with E-state index < -0.39 is 15.8 Å². The highest BCUT2D eigenvalue weighted by atomic mass is 35.5. The molecule has 2 heterocycles. The number of sulfonamides is 1. The zero-order valence-electron chi connectivity index (χ0n) is 13.9. The summed E-state index contributed by atoms with van der Waals surface area (Å²) in [5, 5.41) is 7.28. The lowest BCUT2D eigenvalue weighted by Crippen LogP contribution is -2.38. The second kappa shape index (κ2) is 8.27. The van der Waals surface area contributed by atoms with Crippen LogP contribution in [0.1, 0.15) is 18.4 Å². The highest BCUT2D eigenvalue weighted by molar-refractivity contribution is 7.89. The Balaban J connectivity index is 0.00000225. The van der Waals surface area contributed by atoms with Crippen molar-refractivity contribution < 1.29 is 12.8 Å². The maximum Gasteiger partial charge on any atom is 0.240 e. The number of hydrogen-bond donors (Lipinski definition) is 2. The Labute approximate surface area is 153 Å². The van der Waals surface area contributed by atoms with E-state index in [0.29, 0.717) is 6.54 Å². The number of nitrogens with one attached hydrogen (secondary N) is 2. The molecular formula is C16H22ClFN4O2S. The number of piperidine rings is 1. The van der Waals surface area contributed by atoms with Gasteiger partial charge in [0.25, 0.3) is 0 Å². The van der Waals surface area contributed by atoms with Crippen LogP contribution in [0.4, 0.5) is 4.39 Å². The average Bonchev–Trinajstić information content (AvgIpc) is 3.00. The Bertz CT molecular complexity index is 819. The van der Waals surface area contributed by atoms with Crippen molar-refractivity contribution in [2.24, 2.45) is 5.92 Å². The van der Waals surface area contributed by atoms with Crippen LogP contribution in [0.5, 0.6) is 0 Å². The molecule has 6 nitrogen and oxygen atoms in total. The van der Waals surface area contributed by atoms with Gasteiger partial charge in [0.1, 0.15) is 11.5 Å². The number of aromatic nitrogens is 2. The summed E-state index contributed by atoms with van der Waals surface area (Å²) in [5.41, 5.74) is 1.12. The van der Waals surface area contributed by atoms with Crippen molar-refractivity contribution in [2.75, 3.05) is 19.6 Å². The lowest BCUT2D eigenvalue weighted by molar-refractivity contribution is 0.376. The standard InChI is InChI=1S/C16H21FN4O2S.ClH/c1-12-8-19-21(11-12)16-5-4-14(7-15(16)17)24(22,23)20-10-13-3-2-6-18-9-13;/h4-5,7-8,11,13,18,20H,2-3,6,9-10H2,1H3;1H.